The van der Waals surface area contributed by atoms with Gasteiger partial charge in [-0.1, -0.05) is 6.07 Å². The van der Waals surface area contributed by atoms with Crippen LogP contribution in [-0.2, 0) is 16.0 Å². The Kier molecular flexibility index (Phi) is 2.14. The Labute approximate surface area is 80.3 Å². The first-order valence-corrected chi connectivity index (χ1v) is 4.16. The molecule has 0 aliphatic carbocycles. The van der Waals surface area contributed by atoms with Gasteiger partial charge < -0.3 is 4.74 Å². The molecule has 5 nitrogen and oxygen atoms in total. The van der Waals surface area contributed by atoms with Crippen LogP contribution >= 0.6 is 0 Å². The molecule has 0 N–H and O–H groups in total. The SMILES string of the molecule is COC(=O)Cc1nc2ccccn2n1. The number of ether oxygens (including phenoxy) is 1. The van der Waals surface area contributed by atoms with Crippen LogP contribution in [-0.4, -0.2) is 27.7 Å². The van der Waals surface area contributed by atoms with Gasteiger partial charge in [0.2, 0.25) is 0 Å². The van der Waals surface area contributed by atoms with E-state index in [1.54, 1.807) is 10.7 Å². The number of hydrogen-bond acceptors (Lipinski definition) is 4. The Morgan fingerprint density at radius 1 is 1.57 bits per heavy atom. The summed E-state index contributed by atoms with van der Waals surface area (Å²) in [5.74, 6) is 0.143. The quantitative estimate of drug-likeness (QED) is 0.646. The van der Waals surface area contributed by atoms with Crippen molar-refractivity contribution in [1.29, 1.82) is 0 Å². The zero-order valence-corrected chi connectivity index (χ0v) is 7.67. The molecule has 0 amide bonds. The molecule has 0 aliphatic rings. The van der Waals surface area contributed by atoms with Gasteiger partial charge >= 0.3 is 5.97 Å². The van der Waals surface area contributed by atoms with Gasteiger partial charge in [-0.15, -0.1) is 0 Å². The number of fused-ring (bicyclic) bond motifs is 1. The molecule has 0 aromatic carbocycles. The van der Waals surface area contributed by atoms with Crippen LogP contribution < -0.4 is 0 Å². The minimum atomic E-state index is -0.332. The lowest BCUT2D eigenvalue weighted by atomic mass is 10.4. The van der Waals surface area contributed by atoms with E-state index in [1.165, 1.54) is 7.11 Å². The molecular weight excluding hydrogens is 182 g/mol. The fraction of sp³-hybridized carbons (Fsp3) is 0.222. The predicted molar refractivity (Wildman–Crippen MR) is 48.7 cm³/mol. The second kappa shape index (κ2) is 3.45. The monoisotopic (exact) mass is 191 g/mol. The van der Waals surface area contributed by atoms with E-state index in [0.29, 0.717) is 5.82 Å². The molecule has 0 atom stereocenters. The molecule has 0 spiro atoms. The molecule has 0 saturated carbocycles. The third-order valence-corrected chi connectivity index (χ3v) is 1.82. The summed E-state index contributed by atoms with van der Waals surface area (Å²) in [5, 5.41) is 4.11. The van der Waals surface area contributed by atoms with Gasteiger partial charge in [0.25, 0.3) is 0 Å². The number of carbonyl (C=O) groups is 1. The Balaban J connectivity index is 2.31. The number of esters is 1. The van der Waals surface area contributed by atoms with Gasteiger partial charge in [-0.25, -0.2) is 9.50 Å². The van der Waals surface area contributed by atoms with Gasteiger partial charge in [0.1, 0.15) is 6.42 Å². The molecule has 0 radical (unpaired) electrons. The Morgan fingerprint density at radius 2 is 2.43 bits per heavy atom. The summed E-state index contributed by atoms with van der Waals surface area (Å²) in [6, 6.07) is 5.54. The van der Waals surface area contributed by atoms with Crippen LogP contribution in [0.1, 0.15) is 5.82 Å². The summed E-state index contributed by atoms with van der Waals surface area (Å²) in [5.41, 5.74) is 0.728. The fourth-order valence-electron chi connectivity index (χ4n) is 1.15. The molecule has 0 bridgehead atoms. The average molecular weight is 191 g/mol. The zero-order valence-electron chi connectivity index (χ0n) is 7.67. The van der Waals surface area contributed by atoms with Crippen LogP contribution in [0.25, 0.3) is 5.65 Å². The molecule has 14 heavy (non-hydrogen) atoms. The molecule has 0 aliphatic heterocycles. The van der Waals surface area contributed by atoms with Crippen LogP contribution in [0.4, 0.5) is 0 Å². The van der Waals surface area contributed by atoms with E-state index < -0.39 is 0 Å². The minimum Gasteiger partial charge on any atom is -0.469 e. The maximum atomic E-state index is 10.9. The lowest BCUT2D eigenvalue weighted by molar-refractivity contribution is -0.139. The third kappa shape index (κ3) is 1.56. The molecule has 0 saturated heterocycles. The normalized spacial score (nSPS) is 10.4. The van der Waals surface area contributed by atoms with Crippen molar-refractivity contribution in [1.82, 2.24) is 14.6 Å². The summed E-state index contributed by atoms with van der Waals surface area (Å²) >= 11 is 0. The highest BCUT2D eigenvalue weighted by atomic mass is 16.5. The number of hydrogen-bond donors (Lipinski definition) is 0. The smallest absolute Gasteiger partial charge is 0.313 e. The molecule has 2 rings (SSSR count). The number of nitrogens with zero attached hydrogens (tertiary/aromatic N) is 3. The highest BCUT2D eigenvalue weighted by molar-refractivity contribution is 5.71. The standard InChI is InChI=1S/C9H9N3O2/c1-14-9(13)6-7-10-8-4-2-3-5-12(8)11-7/h2-5H,6H2,1H3. The first-order valence-electron chi connectivity index (χ1n) is 4.16. The van der Waals surface area contributed by atoms with Crippen molar-refractivity contribution in [2.24, 2.45) is 0 Å². The molecule has 2 aromatic heterocycles. The van der Waals surface area contributed by atoms with E-state index >= 15 is 0 Å². The maximum Gasteiger partial charge on any atom is 0.313 e. The Hall–Kier alpha value is -1.91. The van der Waals surface area contributed by atoms with Gasteiger partial charge in [0.15, 0.2) is 11.5 Å². The predicted octanol–water partition coefficient (Wildman–Crippen LogP) is 0.445. The van der Waals surface area contributed by atoms with Gasteiger partial charge in [-0.05, 0) is 12.1 Å². The van der Waals surface area contributed by atoms with E-state index in [-0.39, 0.29) is 12.4 Å². The zero-order chi connectivity index (χ0) is 9.97. The van der Waals surface area contributed by atoms with Crippen LogP contribution in [0.2, 0.25) is 0 Å². The van der Waals surface area contributed by atoms with Gasteiger partial charge in [0.05, 0.1) is 7.11 Å². The number of aromatic nitrogens is 3. The lowest BCUT2D eigenvalue weighted by Crippen LogP contribution is -2.05. The van der Waals surface area contributed by atoms with Crippen molar-refractivity contribution in [3.63, 3.8) is 0 Å². The van der Waals surface area contributed by atoms with E-state index in [0.717, 1.165) is 5.65 Å². The van der Waals surface area contributed by atoms with Crippen molar-refractivity contribution in [2.45, 2.75) is 6.42 Å². The first kappa shape index (κ1) is 8.68. The molecule has 72 valence electrons. The summed E-state index contributed by atoms with van der Waals surface area (Å²) < 4.78 is 6.15. The lowest BCUT2D eigenvalue weighted by Gasteiger charge is -1.91. The van der Waals surface area contributed by atoms with Crippen molar-refractivity contribution < 1.29 is 9.53 Å². The molecule has 0 fully saturated rings. The Morgan fingerprint density at radius 3 is 3.14 bits per heavy atom. The van der Waals surface area contributed by atoms with Crippen LogP contribution in [0.5, 0.6) is 0 Å². The molecular formula is C9H9N3O2. The molecule has 0 unspecified atom stereocenters. The van der Waals surface area contributed by atoms with E-state index in [4.69, 9.17) is 0 Å². The first-order chi connectivity index (χ1) is 6.79. The summed E-state index contributed by atoms with van der Waals surface area (Å²) in [6.45, 7) is 0. The van der Waals surface area contributed by atoms with Crippen molar-refractivity contribution in [2.75, 3.05) is 7.11 Å². The van der Waals surface area contributed by atoms with Crippen molar-refractivity contribution in [3.8, 4) is 0 Å². The summed E-state index contributed by atoms with van der Waals surface area (Å²) in [6.07, 6.45) is 1.89. The van der Waals surface area contributed by atoms with E-state index in [2.05, 4.69) is 14.8 Å². The van der Waals surface area contributed by atoms with Crippen LogP contribution in [0.3, 0.4) is 0 Å². The number of carbonyl (C=O) groups excluding carboxylic acids is 1. The van der Waals surface area contributed by atoms with Crippen molar-refractivity contribution >= 4 is 11.6 Å². The Bertz CT molecular complexity index is 431. The highest BCUT2D eigenvalue weighted by Crippen LogP contribution is 2.01. The van der Waals surface area contributed by atoms with Crippen LogP contribution in [0, 0.1) is 0 Å². The number of methoxy groups -OCH3 is 1. The highest BCUT2D eigenvalue weighted by Gasteiger charge is 2.08. The van der Waals surface area contributed by atoms with E-state index in [1.807, 2.05) is 18.2 Å². The summed E-state index contributed by atoms with van der Waals surface area (Å²) in [4.78, 5) is 15.1. The third-order valence-electron chi connectivity index (χ3n) is 1.82. The second-order valence-corrected chi connectivity index (χ2v) is 2.78. The minimum absolute atomic E-state index is 0.109. The average Bonchev–Trinajstić information content (AvgIpc) is 2.59. The van der Waals surface area contributed by atoms with Gasteiger partial charge in [0, 0.05) is 6.20 Å². The number of pyridine rings is 1. The number of rotatable bonds is 2. The van der Waals surface area contributed by atoms with Crippen molar-refractivity contribution in [3.05, 3.63) is 30.2 Å². The second-order valence-electron chi connectivity index (χ2n) is 2.78. The molecule has 2 aromatic rings. The largest absolute Gasteiger partial charge is 0.469 e. The molecule has 5 heteroatoms. The fourth-order valence-corrected chi connectivity index (χ4v) is 1.15. The summed E-state index contributed by atoms with van der Waals surface area (Å²) in [7, 11) is 1.35. The van der Waals surface area contributed by atoms with Gasteiger partial charge in [-0.3, -0.25) is 4.79 Å². The van der Waals surface area contributed by atoms with Crippen LogP contribution in [0.15, 0.2) is 24.4 Å². The van der Waals surface area contributed by atoms with E-state index in [9.17, 15) is 4.79 Å². The topological polar surface area (TPSA) is 56.5 Å². The van der Waals surface area contributed by atoms with Gasteiger partial charge in [-0.2, -0.15) is 5.10 Å². The molecule has 2 heterocycles. The maximum absolute atomic E-state index is 10.9.